The van der Waals surface area contributed by atoms with Crippen LogP contribution in [-0.4, -0.2) is 24.1 Å². The minimum atomic E-state index is 0.741. The summed E-state index contributed by atoms with van der Waals surface area (Å²) < 4.78 is 2.27. The number of halogens is 1. The van der Waals surface area contributed by atoms with E-state index in [2.05, 4.69) is 47.4 Å². The first-order chi connectivity index (χ1) is 13.6. The molecule has 138 valence electrons. The Bertz CT molecular complexity index is 1300. The summed E-state index contributed by atoms with van der Waals surface area (Å²) in [6.45, 7) is 0. The molecule has 2 heterocycles. The third-order valence-electron chi connectivity index (χ3n) is 4.62. The zero-order valence-corrected chi connectivity index (χ0v) is 17.7. The molecule has 0 saturated heterocycles. The molecule has 0 aliphatic rings. The minimum absolute atomic E-state index is 0.741. The topological polar surface area (TPSA) is 29.0 Å². The van der Waals surface area contributed by atoms with Crippen LogP contribution in [0.5, 0.6) is 0 Å². The van der Waals surface area contributed by atoms with E-state index >= 15 is 0 Å². The van der Waals surface area contributed by atoms with Crippen LogP contribution >= 0.6 is 34.3 Å². The molecule has 0 aliphatic heterocycles. The van der Waals surface area contributed by atoms with E-state index in [4.69, 9.17) is 21.6 Å². The van der Waals surface area contributed by atoms with Gasteiger partial charge in [0.15, 0.2) is 0 Å². The number of hydrogen-bond acceptors (Lipinski definition) is 5. The van der Waals surface area contributed by atoms with Crippen LogP contribution in [0.25, 0.3) is 41.6 Å². The van der Waals surface area contributed by atoms with Crippen molar-refractivity contribution in [3.8, 4) is 21.1 Å². The van der Waals surface area contributed by atoms with Crippen LogP contribution in [0, 0.1) is 0 Å². The molecule has 5 aromatic rings. The summed E-state index contributed by atoms with van der Waals surface area (Å²) in [7, 11) is 4.09. The van der Waals surface area contributed by atoms with Gasteiger partial charge in [0.25, 0.3) is 0 Å². The molecule has 0 atom stereocenters. The molecule has 28 heavy (non-hydrogen) atoms. The van der Waals surface area contributed by atoms with Gasteiger partial charge in [0, 0.05) is 35.9 Å². The second-order valence-corrected chi connectivity index (χ2v) is 9.27. The fourth-order valence-corrected chi connectivity index (χ4v) is 5.35. The van der Waals surface area contributed by atoms with Gasteiger partial charge in [-0.05, 0) is 60.7 Å². The standard InChI is InChI=1S/C22H16ClN3S2/c1-26(2)16-7-3-13(4-8-16)21-24-17-9-5-14(11-19(17)27-21)22-25-18-10-6-15(23)12-20(18)28-22/h3-12H,1-2H3. The lowest BCUT2D eigenvalue weighted by Crippen LogP contribution is -2.07. The lowest BCUT2D eigenvalue weighted by molar-refractivity contribution is 1.13. The summed E-state index contributed by atoms with van der Waals surface area (Å²) in [6, 6.07) is 20.7. The van der Waals surface area contributed by atoms with Gasteiger partial charge in [-0.15, -0.1) is 22.7 Å². The highest BCUT2D eigenvalue weighted by Gasteiger charge is 2.11. The fraction of sp³-hybridized carbons (Fsp3) is 0.0909. The molecule has 0 fully saturated rings. The molecule has 5 rings (SSSR count). The van der Waals surface area contributed by atoms with Crippen molar-refractivity contribution in [2.24, 2.45) is 0 Å². The number of fused-ring (bicyclic) bond motifs is 2. The Morgan fingerprint density at radius 1 is 0.714 bits per heavy atom. The molecule has 3 aromatic carbocycles. The molecule has 0 saturated carbocycles. The SMILES string of the molecule is CN(C)c1ccc(-c2nc3ccc(-c4nc5ccc(Cl)cc5s4)cc3s2)cc1. The lowest BCUT2D eigenvalue weighted by Gasteiger charge is -2.11. The highest BCUT2D eigenvalue weighted by atomic mass is 35.5. The molecule has 0 unspecified atom stereocenters. The maximum atomic E-state index is 6.11. The Balaban J connectivity index is 1.54. The average Bonchev–Trinajstić information content (AvgIpc) is 3.31. The smallest absolute Gasteiger partial charge is 0.124 e. The Hall–Kier alpha value is -2.47. The van der Waals surface area contributed by atoms with Gasteiger partial charge in [-0.3, -0.25) is 0 Å². The molecular formula is C22H16ClN3S2. The number of nitrogens with zero attached hydrogens (tertiary/aromatic N) is 3. The Morgan fingerprint density at radius 3 is 1.96 bits per heavy atom. The summed E-state index contributed by atoms with van der Waals surface area (Å²) in [5.74, 6) is 0. The summed E-state index contributed by atoms with van der Waals surface area (Å²) in [5, 5.41) is 2.78. The van der Waals surface area contributed by atoms with Gasteiger partial charge in [0.1, 0.15) is 10.0 Å². The summed E-state index contributed by atoms with van der Waals surface area (Å²) >= 11 is 9.49. The van der Waals surface area contributed by atoms with E-state index in [0.29, 0.717) is 0 Å². The van der Waals surface area contributed by atoms with Crippen LogP contribution < -0.4 is 4.90 Å². The van der Waals surface area contributed by atoms with E-state index in [1.54, 1.807) is 22.7 Å². The maximum absolute atomic E-state index is 6.11. The van der Waals surface area contributed by atoms with E-state index in [1.807, 2.05) is 32.3 Å². The van der Waals surface area contributed by atoms with Crippen molar-refractivity contribution < 1.29 is 0 Å². The summed E-state index contributed by atoms with van der Waals surface area (Å²) in [6.07, 6.45) is 0. The largest absolute Gasteiger partial charge is 0.378 e. The Labute approximate surface area is 175 Å². The molecule has 0 N–H and O–H groups in total. The predicted octanol–water partition coefficient (Wildman–Crippen LogP) is 6.96. The van der Waals surface area contributed by atoms with Crippen LogP contribution in [0.2, 0.25) is 5.02 Å². The van der Waals surface area contributed by atoms with Crippen molar-refractivity contribution in [3.63, 3.8) is 0 Å². The van der Waals surface area contributed by atoms with Crippen LogP contribution in [0.4, 0.5) is 5.69 Å². The summed E-state index contributed by atoms with van der Waals surface area (Å²) in [4.78, 5) is 11.7. The predicted molar refractivity (Wildman–Crippen MR) is 123 cm³/mol. The zero-order chi connectivity index (χ0) is 19.3. The van der Waals surface area contributed by atoms with Gasteiger partial charge in [-0.25, -0.2) is 9.97 Å². The minimum Gasteiger partial charge on any atom is -0.378 e. The molecule has 6 heteroatoms. The highest BCUT2D eigenvalue weighted by molar-refractivity contribution is 7.22. The van der Waals surface area contributed by atoms with Crippen LogP contribution in [0.3, 0.4) is 0 Å². The van der Waals surface area contributed by atoms with E-state index in [-0.39, 0.29) is 0 Å². The molecule has 0 spiro atoms. The normalized spacial score (nSPS) is 11.4. The number of anilines is 1. The third kappa shape index (κ3) is 3.15. The first kappa shape index (κ1) is 17.6. The van der Waals surface area contributed by atoms with Crippen LogP contribution in [0.15, 0.2) is 60.7 Å². The van der Waals surface area contributed by atoms with Crippen molar-refractivity contribution in [1.82, 2.24) is 9.97 Å². The second kappa shape index (κ2) is 6.85. The van der Waals surface area contributed by atoms with Gasteiger partial charge >= 0.3 is 0 Å². The van der Waals surface area contributed by atoms with Gasteiger partial charge in [-0.1, -0.05) is 11.6 Å². The van der Waals surface area contributed by atoms with E-state index in [0.717, 1.165) is 41.9 Å². The Kier molecular flexibility index (Phi) is 4.31. The average molecular weight is 422 g/mol. The maximum Gasteiger partial charge on any atom is 0.124 e. The fourth-order valence-electron chi connectivity index (χ4n) is 3.11. The lowest BCUT2D eigenvalue weighted by atomic mass is 10.2. The second-order valence-electron chi connectivity index (χ2n) is 6.77. The van der Waals surface area contributed by atoms with Crippen molar-refractivity contribution in [2.45, 2.75) is 0 Å². The molecular weight excluding hydrogens is 406 g/mol. The third-order valence-corrected chi connectivity index (χ3v) is 6.99. The number of benzene rings is 3. The molecule has 0 radical (unpaired) electrons. The summed E-state index contributed by atoms with van der Waals surface area (Å²) in [5.41, 5.74) is 5.44. The quantitative estimate of drug-likeness (QED) is 0.315. The van der Waals surface area contributed by atoms with Crippen molar-refractivity contribution in [3.05, 3.63) is 65.7 Å². The Morgan fingerprint density at radius 2 is 1.29 bits per heavy atom. The molecule has 2 aromatic heterocycles. The van der Waals surface area contributed by atoms with Gasteiger partial charge in [0.05, 0.1) is 20.4 Å². The van der Waals surface area contributed by atoms with Crippen molar-refractivity contribution in [1.29, 1.82) is 0 Å². The van der Waals surface area contributed by atoms with Crippen molar-refractivity contribution >= 4 is 60.4 Å². The van der Waals surface area contributed by atoms with E-state index in [9.17, 15) is 0 Å². The first-order valence-electron chi connectivity index (χ1n) is 8.82. The molecule has 0 aliphatic carbocycles. The van der Waals surface area contributed by atoms with Crippen LogP contribution in [-0.2, 0) is 0 Å². The zero-order valence-electron chi connectivity index (χ0n) is 15.3. The van der Waals surface area contributed by atoms with Gasteiger partial charge in [-0.2, -0.15) is 0 Å². The number of aromatic nitrogens is 2. The van der Waals surface area contributed by atoms with E-state index < -0.39 is 0 Å². The first-order valence-corrected chi connectivity index (χ1v) is 10.8. The van der Waals surface area contributed by atoms with Crippen LogP contribution in [0.1, 0.15) is 0 Å². The van der Waals surface area contributed by atoms with Crippen molar-refractivity contribution in [2.75, 3.05) is 19.0 Å². The number of hydrogen-bond donors (Lipinski definition) is 0. The molecule has 0 amide bonds. The monoisotopic (exact) mass is 421 g/mol. The van der Waals surface area contributed by atoms with Gasteiger partial charge < -0.3 is 4.90 Å². The number of rotatable bonds is 3. The van der Waals surface area contributed by atoms with E-state index in [1.165, 1.54) is 10.4 Å². The van der Waals surface area contributed by atoms with Gasteiger partial charge in [0.2, 0.25) is 0 Å². The number of thiazole rings is 2. The highest BCUT2D eigenvalue weighted by Crippen LogP contribution is 2.36. The molecule has 3 nitrogen and oxygen atoms in total. The molecule has 0 bridgehead atoms.